The Morgan fingerprint density at radius 3 is 1.92 bits per heavy atom. The summed E-state index contributed by atoms with van der Waals surface area (Å²) in [6, 6.07) is 26.3. The van der Waals surface area contributed by atoms with Crippen LogP contribution in [0.3, 0.4) is 0 Å². The van der Waals surface area contributed by atoms with Crippen molar-refractivity contribution in [3.63, 3.8) is 0 Å². The van der Waals surface area contributed by atoms with Gasteiger partial charge in [0.15, 0.2) is 5.78 Å². The van der Waals surface area contributed by atoms with Crippen LogP contribution in [0.1, 0.15) is 34.3 Å². The van der Waals surface area contributed by atoms with Crippen molar-refractivity contribution in [3.05, 3.63) is 108 Å². The summed E-state index contributed by atoms with van der Waals surface area (Å²) in [6.45, 7) is 0.193. The summed E-state index contributed by atoms with van der Waals surface area (Å²) in [5.74, 6) is -2.04. The quantitative estimate of drug-likeness (QED) is 0.318. The Morgan fingerprint density at radius 1 is 0.769 bits per heavy atom. The third kappa shape index (κ3) is 10.2. The molecular weight excluding hydrogens is 496 g/mol. The summed E-state index contributed by atoms with van der Waals surface area (Å²) < 4.78 is 10.8. The summed E-state index contributed by atoms with van der Waals surface area (Å²) in [5, 5.41) is 2.80. The van der Waals surface area contributed by atoms with Gasteiger partial charge in [0.25, 0.3) is 5.91 Å². The van der Waals surface area contributed by atoms with E-state index in [2.05, 4.69) is 5.32 Å². The molecule has 204 valence electrons. The minimum absolute atomic E-state index is 0.0575. The number of esters is 2. The molecule has 3 rings (SSSR count). The third-order valence-corrected chi connectivity index (χ3v) is 5.88. The number of likely N-dealkylation sites (N-methyl/N-ethyl adjacent to an activating group) is 1. The number of nitrogens with zero attached hydrogens (tertiary/aromatic N) is 1. The maximum Gasteiger partial charge on any atom is 0.349 e. The number of ether oxygens (including phenoxy) is 2. The second-order valence-electron chi connectivity index (χ2n) is 9.38. The Kier molecular flexibility index (Phi) is 11.4. The maximum absolute atomic E-state index is 13.2. The number of nitrogens with one attached hydrogen (secondary N) is 1. The molecule has 8 nitrogen and oxygen atoms in total. The van der Waals surface area contributed by atoms with Crippen molar-refractivity contribution in [1.29, 1.82) is 0 Å². The molecule has 0 saturated heterocycles. The molecule has 1 N–H and O–H groups in total. The topological polar surface area (TPSA) is 102 Å². The van der Waals surface area contributed by atoms with Crippen LogP contribution in [0.4, 0.5) is 0 Å². The molecule has 0 spiro atoms. The lowest BCUT2D eigenvalue weighted by Gasteiger charge is -2.21. The standard InChI is InChI=1S/C31H34N2O6/c1-33(2)21-28(31(37)38-22-24-14-8-4-9-15-24)39-29(35)19-18-27(34)26(20-23-12-6-3-7-13-23)32-30(36)25-16-10-5-11-17-25/h3-17,26,28H,18-22H2,1-2H3,(H,32,36)/t26-,28?/m0/s1. The van der Waals surface area contributed by atoms with E-state index in [4.69, 9.17) is 9.47 Å². The lowest BCUT2D eigenvalue weighted by Crippen LogP contribution is -2.42. The van der Waals surface area contributed by atoms with Crippen LogP contribution in [-0.4, -0.2) is 61.3 Å². The first-order valence-corrected chi connectivity index (χ1v) is 12.8. The summed E-state index contributed by atoms with van der Waals surface area (Å²) in [5.41, 5.74) is 2.12. The fraction of sp³-hybridized carbons (Fsp3) is 0.290. The molecule has 0 heterocycles. The number of Topliss-reactive ketones (excluding diaryl/α,β-unsaturated/α-hetero) is 1. The Bertz CT molecular complexity index is 1220. The van der Waals surface area contributed by atoms with Gasteiger partial charge >= 0.3 is 11.9 Å². The molecule has 2 atom stereocenters. The highest BCUT2D eigenvalue weighted by Gasteiger charge is 2.27. The monoisotopic (exact) mass is 530 g/mol. The summed E-state index contributed by atoms with van der Waals surface area (Å²) in [4.78, 5) is 52.9. The van der Waals surface area contributed by atoms with Crippen molar-refractivity contribution < 1.29 is 28.7 Å². The molecule has 0 bridgehead atoms. The molecule has 0 radical (unpaired) electrons. The van der Waals surface area contributed by atoms with Gasteiger partial charge in [0, 0.05) is 18.5 Å². The van der Waals surface area contributed by atoms with Gasteiger partial charge in [0.1, 0.15) is 6.61 Å². The molecule has 0 aromatic heterocycles. The van der Waals surface area contributed by atoms with Gasteiger partial charge in [-0.1, -0.05) is 78.9 Å². The van der Waals surface area contributed by atoms with Crippen LogP contribution in [0.25, 0.3) is 0 Å². The average molecular weight is 531 g/mol. The number of carbonyl (C=O) groups is 4. The second-order valence-corrected chi connectivity index (χ2v) is 9.38. The predicted molar refractivity (Wildman–Crippen MR) is 147 cm³/mol. The number of rotatable bonds is 14. The van der Waals surface area contributed by atoms with Crippen LogP contribution in [-0.2, 0) is 36.9 Å². The largest absolute Gasteiger partial charge is 0.458 e. The summed E-state index contributed by atoms with van der Waals surface area (Å²) in [6.07, 6.45) is -1.24. The maximum atomic E-state index is 13.2. The highest BCUT2D eigenvalue weighted by Crippen LogP contribution is 2.11. The molecule has 0 aliphatic heterocycles. The molecule has 0 fully saturated rings. The van der Waals surface area contributed by atoms with E-state index in [9.17, 15) is 19.2 Å². The van der Waals surface area contributed by atoms with Crippen molar-refractivity contribution in [2.45, 2.75) is 38.0 Å². The number of amides is 1. The van der Waals surface area contributed by atoms with Crippen LogP contribution in [0.5, 0.6) is 0 Å². The van der Waals surface area contributed by atoms with E-state index in [0.29, 0.717) is 5.56 Å². The highest BCUT2D eigenvalue weighted by molar-refractivity contribution is 5.98. The molecule has 3 aromatic rings. The van der Waals surface area contributed by atoms with Crippen LogP contribution < -0.4 is 5.32 Å². The van der Waals surface area contributed by atoms with Crippen LogP contribution in [0.2, 0.25) is 0 Å². The number of hydrogen-bond donors (Lipinski definition) is 1. The van der Waals surface area contributed by atoms with Crippen molar-refractivity contribution in [2.24, 2.45) is 0 Å². The van der Waals surface area contributed by atoms with Gasteiger partial charge in [-0.05, 0) is 43.8 Å². The van der Waals surface area contributed by atoms with E-state index in [1.54, 1.807) is 49.3 Å². The normalized spacial score (nSPS) is 12.3. The zero-order chi connectivity index (χ0) is 28.0. The number of ketones is 1. The van der Waals surface area contributed by atoms with Crippen molar-refractivity contribution in [3.8, 4) is 0 Å². The zero-order valence-corrected chi connectivity index (χ0v) is 22.2. The van der Waals surface area contributed by atoms with Gasteiger partial charge in [0.05, 0.1) is 12.5 Å². The van der Waals surface area contributed by atoms with E-state index in [-0.39, 0.29) is 44.1 Å². The van der Waals surface area contributed by atoms with E-state index < -0.39 is 24.1 Å². The smallest absolute Gasteiger partial charge is 0.349 e. The third-order valence-electron chi connectivity index (χ3n) is 5.88. The molecule has 8 heteroatoms. The second kappa shape index (κ2) is 15.2. The molecule has 0 aliphatic carbocycles. The molecule has 1 unspecified atom stereocenters. The minimum Gasteiger partial charge on any atom is -0.458 e. The van der Waals surface area contributed by atoms with Crippen LogP contribution in [0, 0.1) is 0 Å². The van der Waals surface area contributed by atoms with E-state index in [0.717, 1.165) is 11.1 Å². The lowest BCUT2D eigenvalue weighted by atomic mass is 9.99. The highest BCUT2D eigenvalue weighted by atomic mass is 16.6. The van der Waals surface area contributed by atoms with E-state index >= 15 is 0 Å². The van der Waals surface area contributed by atoms with E-state index in [1.165, 1.54) is 0 Å². The fourth-order valence-corrected chi connectivity index (χ4v) is 3.86. The Balaban J connectivity index is 1.59. The summed E-state index contributed by atoms with van der Waals surface area (Å²) >= 11 is 0. The predicted octanol–water partition coefficient (Wildman–Crippen LogP) is 3.59. The zero-order valence-electron chi connectivity index (χ0n) is 22.2. The van der Waals surface area contributed by atoms with Gasteiger partial charge in [-0.2, -0.15) is 0 Å². The lowest BCUT2D eigenvalue weighted by molar-refractivity contribution is -0.169. The fourth-order valence-electron chi connectivity index (χ4n) is 3.86. The first-order chi connectivity index (χ1) is 18.8. The molecule has 1 amide bonds. The van der Waals surface area contributed by atoms with Gasteiger partial charge in [-0.3, -0.25) is 14.4 Å². The molecule has 3 aromatic carbocycles. The minimum atomic E-state index is -1.13. The van der Waals surface area contributed by atoms with Crippen LogP contribution in [0.15, 0.2) is 91.0 Å². The molecule has 0 saturated carbocycles. The van der Waals surface area contributed by atoms with Crippen LogP contribution >= 0.6 is 0 Å². The molecule has 0 aliphatic rings. The van der Waals surface area contributed by atoms with Gasteiger partial charge in [-0.25, -0.2) is 4.79 Å². The number of carbonyl (C=O) groups excluding carboxylic acids is 4. The van der Waals surface area contributed by atoms with Crippen molar-refractivity contribution in [1.82, 2.24) is 10.2 Å². The van der Waals surface area contributed by atoms with Gasteiger partial charge < -0.3 is 19.7 Å². The van der Waals surface area contributed by atoms with E-state index in [1.807, 2.05) is 60.7 Å². The van der Waals surface area contributed by atoms with Gasteiger partial charge in [-0.15, -0.1) is 0 Å². The number of benzene rings is 3. The Hall–Kier alpha value is -4.30. The van der Waals surface area contributed by atoms with Gasteiger partial charge in [0.2, 0.25) is 6.10 Å². The van der Waals surface area contributed by atoms with Crippen molar-refractivity contribution in [2.75, 3.05) is 20.6 Å². The number of hydrogen-bond acceptors (Lipinski definition) is 7. The SMILES string of the molecule is CN(C)CC(OC(=O)CCC(=O)[C@H](Cc1ccccc1)NC(=O)c1ccccc1)C(=O)OCc1ccccc1. The molecular formula is C31H34N2O6. The molecule has 39 heavy (non-hydrogen) atoms. The summed E-state index contributed by atoms with van der Waals surface area (Å²) in [7, 11) is 3.50. The van der Waals surface area contributed by atoms with Crippen molar-refractivity contribution >= 4 is 23.6 Å². The first kappa shape index (κ1) is 29.3. The Labute approximate surface area is 228 Å². The Morgan fingerprint density at radius 2 is 1.33 bits per heavy atom. The average Bonchev–Trinajstić information content (AvgIpc) is 2.95. The first-order valence-electron chi connectivity index (χ1n) is 12.8.